The molecule has 0 aliphatic carbocycles. The van der Waals surface area contributed by atoms with Crippen LogP contribution in [0.5, 0.6) is 5.75 Å². The standard InChI is InChI=1S/C18H16N2O5S/c1-10-8-11(6-7-14(10)19)18(22)20-15-9-16(26(23,24)25)17(21)13-5-3-2-4-12(13)15/h2-9,21H,19H2,1H3,(H,20,22)(H,23,24,25). The van der Waals surface area contributed by atoms with Gasteiger partial charge in [-0.3, -0.25) is 9.35 Å². The molecular weight excluding hydrogens is 356 g/mol. The van der Waals surface area contributed by atoms with Crippen molar-refractivity contribution in [1.29, 1.82) is 0 Å². The summed E-state index contributed by atoms with van der Waals surface area (Å²) in [5.74, 6) is -1.06. The molecule has 3 aromatic carbocycles. The minimum Gasteiger partial charge on any atom is -0.506 e. The normalized spacial score (nSPS) is 11.5. The molecule has 0 saturated carbocycles. The smallest absolute Gasteiger partial charge is 0.298 e. The number of aromatic hydroxyl groups is 1. The molecule has 3 rings (SSSR count). The van der Waals surface area contributed by atoms with E-state index in [1.54, 1.807) is 43.3 Å². The lowest BCUT2D eigenvalue weighted by molar-refractivity contribution is 0.102. The summed E-state index contributed by atoms with van der Waals surface area (Å²) in [4.78, 5) is 11.9. The average molecular weight is 372 g/mol. The van der Waals surface area contributed by atoms with E-state index in [4.69, 9.17) is 5.73 Å². The summed E-state index contributed by atoms with van der Waals surface area (Å²) in [7, 11) is -4.68. The summed E-state index contributed by atoms with van der Waals surface area (Å²) >= 11 is 0. The lowest BCUT2D eigenvalue weighted by Gasteiger charge is -2.13. The van der Waals surface area contributed by atoms with E-state index in [0.29, 0.717) is 16.6 Å². The fourth-order valence-electron chi connectivity index (χ4n) is 2.65. The Morgan fingerprint density at radius 2 is 1.73 bits per heavy atom. The molecule has 5 N–H and O–H groups in total. The molecule has 3 aromatic rings. The fraction of sp³-hybridized carbons (Fsp3) is 0.0556. The maximum Gasteiger partial charge on any atom is 0.298 e. The molecule has 0 fully saturated rings. The van der Waals surface area contributed by atoms with Crippen molar-refractivity contribution >= 4 is 38.2 Å². The zero-order valence-electron chi connectivity index (χ0n) is 13.7. The van der Waals surface area contributed by atoms with E-state index >= 15 is 0 Å². The number of rotatable bonds is 3. The maximum absolute atomic E-state index is 12.5. The van der Waals surface area contributed by atoms with Gasteiger partial charge in [0.25, 0.3) is 16.0 Å². The maximum atomic E-state index is 12.5. The molecule has 26 heavy (non-hydrogen) atoms. The molecule has 0 heterocycles. The van der Waals surface area contributed by atoms with E-state index in [-0.39, 0.29) is 11.1 Å². The summed E-state index contributed by atoms with van der Waals surface area (Å²) < 4.78 is 32.5. The summed E-state index contributed by atoms with van der Waals surface area (Å²) in [5.41, 5.74) is 7.50. The summed E-state index contributed by atoms with van der Waals surface area (Å²) in [6.07, 6.45) is 0. The van der Waals surface area contributed by atoms with Crippen LogP contribution in [0.1, 0.15) is 15.9 Å². The highest BCUT2D eigenvalue weighted by Gasteiger charge is 2.21. The number of nitrogen functional groups attached to an aromatic ring is 1. The number of aryl methyl sites for hydroxylation is 1. The van der Waals surface area contributed by atoms with Crippen molar-refractivity contribution in [3.8, 4) is 5.75 Å². The second-order valence-corrected chi connectivity index (χ2v) is 7.21. The molecule has 0 unspecified atom stereocenters. The summed E-state index contributed by atoms with van der Waals surface area (Å²) in [6, 6.07) is 12.2. The van der Waals surface area contributed by atoms with E-state index < -0.39 is 26.7 Å². The van der Waals surface area contributed by atoms with Crippen molar-refractivity contribution in [1.82, 2.24) is 0 Å². The molecule has 0 radical (unpaired) electrons. The Morgan fingerprint density at radius 3 is 2.35 bits per heavy atom. The van der Waals surface area contributed by atoms with Gasteiger partial charge >= 0.3 is 0 Å². The number of phenolic OH excluding ortho intramolecular Hbond substituents is 1. The first kappa shape index (κ1) is 17.7. The number of nitrogens with one attached hydrogen (secondary N) is 1. The first-order valence-corrected chi connectivity index (χ1v) is 9.02. The first-order chi connectivity index (χ1) is 12.2. The second kappa shape index (κ2) is 6.32. The minimum atomic E-state index is -4.68. The van der Waals surface area contributed by atoms with E-state index in [9.17, 15) is 22.9 Å². The molecule has 0 bridgehead atoms. The molecule has 0 aliphatic heterocycles. The van der Waals surface area contributed by atoms with Crippen LogP contribution in [0.4, 0.5) is 11.4 Å². The SMILES string of the molecule is Cc1cc(C(=O)Nc2cc(S(=O)(=O)O)c(O)c3ccccc23)ccc1N. The van der Waals surface area contributed by atoms with Gasteiger partial charge in [-0.15, -0.1) is 0 Å². The van der Waals surface area contributed by atoms with Gasteiger partial charge in [0.15, 0.2) is 0 Å². The predicted octanol–water partition coefficient (Wildman–Crippen LogP) is 2.94. The van der Waals surface area contributed by atoms with Gasteiger partial charge < -0.3 is 16.2 Å². The average Bonchev–Trinajstić information content (AvgIpc) is 2.58. The highest BCUT2D eigenvalue weighted by molar-refractivity contribution is 7.86. The van der Waals surface area contributed by atoms with Gasteiger partial charge in [-0.2, -0.15) is 8.42 Å². The van der Waals surface area contributed by atoms with Crippen LogP contribution < -0.4 is 11.1 Å². The van der Waals surface area contributed by atoms with E-state index in [2.05, 4.69) is 5.32 Å². The largest absolute Gasteiger partial charge is 0.506 e. The Labute approximate surface area is 149 Å². The van der Waals surface area contributed by atoms with Gasteiger partial charge in [-0.05, 0) is 36.8 Å². The Hall–Kier alpha value is -3.10. The zero-order valence-corrected chi connectivity index (χ0v) is 14.5. The Morgan fingerprint density at radius 1 is 1.08 bits per heavy atom. The van der Waals surface area contributed by atoms with Crippen LogP contribution in [0.15, 0.2) is 53.4 Å². The van der Waals surface area contributed by atoms with Crippen LogP contribution in [0.3, 0.4) is 0 Å². The third kappa shape index (κ3) is 3.19. The van der Waals surface area contributed by atoms with Gasteiger partial charge in [0, 0.05) is 22.0 Å². The predicted molar refractivity (Wildman–Crippen MR) is 99.0 cm³/mol. The van der Waals surface area contributed by atoms with Gasteiger partial charge in [0.1, 0.15) is 10.6 Å². The third-order valence-corrected chi connectivity index (χ3v) is 4.91. The molecule has 0 spiro atoms. The van der Waals surface area contributed by atoms with Crippen molar-refractivity contribution < 1.29 is 22.9 Å². The number of benzene rings is 3. The second-order valence-electron chi connectivity index (χ2n) is 5.82. The number of nitrogens with two attached hydrogens (primary N) is 1. The molecule has 0 atom stereocenters. The van der Waals surface area contributed by atoms with Crippen molar-refractivity contribution in [3.63, 3.8) is 0 Å². The third-order valence-electron chi connectivity index (χ3n) is 4.04. The fourth-order valence-corrected chi connectivity index (χ4v) is 3.27. The minimum absolute atomic E-state index is 0.144. The summed E-state index contributed by atoms with van der Waals surface area (Å²) in [5, 5.41) is 13.4. The monoisotopic (exact) mass is 372 g/mol. The van der Waals surface area contributed by atoms with Crippen molar-refractivity contribution in [2.45, 2.75) is 11.8 Å². The molecule has 8 heteroatoms. The number of amides is 1. The molecule has 0 aromatic heterocycles. The van der Waals surface area contributed by atoms with E-state index in [1.165, 1.54) is 6.07 Å². The van der Waals surface area contributed by atoms with Gasteiger partial charge in [0.05, 0.1) is 5.69 Å². The molecular formula is C18H16N2O5S. The van der Waals surface area contributed by atoms with Gasteiger partial charge in [-0.1, -0.05) is 24.3 Å². The lowest BCUT2D eigenvalue weighted by Crippen LogP contribution is -2.13. The Balaban J connectivity index is 2.13. The van der Waals surface area contributed by atoms with Crippen LogP contribution in [-0.4, -0.2) is 24.0 Å². The number of carbonyl (C=O) groups is 1. The topological polar surface area (TPSA) is 130 Å². The summed E-state index contributed by atoms with van der Waals surface area (Å²) in [6.45, 7) is 1.76. The first-order valence-electron chi connectivity index (χ1n) is 7.58. The number of phenols is 1. The molecule has 1 amide bonds. The molecule has 0 aliphatic rings. The van der Waals surface area contributed by atoms with Gasteiger partial charge in [-0.25, -0.2) is 0 Å². The lowest BCUT2D eigenvalue weighted by atomic mass is 10.1. The van der Waals surface area contributed by atoms with Gasteiger partial charge in [0.2, 0.25) is 0 Å². The van der Waals surface area contributed by atoms with Crippen LogP contribution in [0.25, 0.3) is 10.8 Å². The van der Waals surface area contributed by atoms with Crippen molar-refractivity contribution in [2.75, 3.05) is 11.1 Å². The van der Waals surface area contributed by atoms with Crippen LogP contribution in [0.2, 0.25) is 0 Å². The number of hydrogen-bond acceptors (Lipinski definition) is 5. The number of anilines is 2. The molecule has 7 nitrogen and oxygen atoms in total. The van der Waals surface area contributed by atoms with Crippen LogP contribution in [-0.2, 0) is 10.1 Å². The number of fused-ring (bicyclic) bond motifs is 1. The Bertz CT molecular complexity index is 1140. The number of carbonyl (C=O) groups excluding carboxylic acids is 1. The zero-order chi connectivity index (χ0) is 19.1. The quantitative estimate of drug-likeness (QED) is 0.318. The van der Waals surface area contributed by atoms with Crippen molar-refractivity contribution in [2.24, 2.45) is 0 Å². The highest BCUT2D eigenvalue weighted by Crippen LogP contribution is 2.37. The van der Waals surface area contributed by atoms with Crippen LogP contribution >= 0.6 is 0 Å². The number of hydrogen-bond donors (Lipinski definition) is 4. The van der Waals surface area contributed by atoms with Crippen molar-refractivity contribution in [3.05, 3.63) is 59.7 Å². The van der Waals surface area contributed by atoms with E-state index in [1.807, 2.05) is 0 Å². The Kier molecular flexibility index (Phi) is 4.31. The molecule has 134 valence electrons. The van der Waals surface area contributed by atoms with Crippen LogP contribution in [0, 0.1) is 6.92 Å². The highest BCUT2D eigenvalue weighted by atomic mass is 32.2. The van der Waals surface area contributed by atoms with E-state index in [0.717, 1.165) is 11.6 Å². The molecule has 0 saturated heterocycles.